The highest BCUT2D eigenvalue weighted by atomic mass is 79.9. The van der Waals surface area contributed by atoms with Crippen molar-refractivity contribution < 1.29 is 13.9 Å². The maximum Gasteiger partial charge on any atom is 0.407 e. The van der Waals surface area contributed by atoms with Crippen LogP contribution in [0, 0.1) is 5.82 Å². The van der Waals surface area contributed by atoms with E-state index in [-0.39, 0.29) is 24.3 Å². The summed E-state index contributed by atoms with van der Waals surface area (Å²) in [5, 5.41) is 2.58. The summed E-state index contributed by atoms with van der Waals surface area (Å²) in [6, 6.07) is 4.37. The van der Waals surface area contributed by atoms with Crippen molar-refractivity contribution in [3.63, 3.8) is 0 Å². The van der Waals surface area contributed by atoms with Gasteiger partial charge in [-0.1, -0.05) is 15.9 Å². The summed E-state index contributed by atoms with van der Waals surface area (Å²) in [4.78, 5) is 11.0. The van der Waals surface area contributed by atoms with Crippen molar-refractivity contribution in [2.45, 2.75) is 12.5 Å². The number of hydrogen-bond donors (Lipinski definition) is 1. The molecule has 0 bridgehead atoms. The molecule has 1 aromatic carbocycles. The predicted octanol–water partition coefficient (Wildman–Crippen LogP) is 3.18. The van der Waals surface area contributed by atoms with E-state index < -0.39 is 6.09 Å². The first-order valence-electron chi connectivity index (χ1n) is 4.55. The van der Waals surface area contributed by atoms with Gasteiger partial charge >= 0.3 is 6.09 Å². The second-order valence-corrected chi connectivity index (χ2v) is 4.20. The topological polar surface area (TPSA) is 38.3 Å². The number of hydrogen-bond acceptors (Lipinski definition) is 2. The van der Waals surface area contributed by atoms with Crippen molar-refractivity contribution in [3.05, 3.63) is 34.1 Å². The molecule has 1 aromatic rings. The first kappa shape index (κ1) is 13.3. The quantitative estimate of drug-likeness (QED) is 0.865. The summed E-state index contributed by atoms with van der Waals surface area (Å²) in [6.45, 7) is 0.322. The smallest absolute Gasteiger partial charge is 0.407 e. The Morgan fingerprint density at radius 2 is 2.25 bits per heavy atom. The zero-order valence-corrected chi connectivity index (χ0v) is 10.6. The minimum atomic E-state index is -0.495. The number of rotatable bonds is 1. The number of halogens is 3. The number of amides is 1. The van der Waals surface area contributed by atoms with Gasteiger partial charge in [-0.15, -0.1) is 12.4 Å². The van der Waals surface area contributed by atoms with Gasteiger partial charge < -0.3 is 10.1 Å². The van der Waals surface area contributed by atoms with Crippen molar-refractivity contribution in [2.75, 3.05) is 6.61 Å². The monoisotopic (exact) mass is 309 g/mol. The van der Waals surface area contributed by atoms with Crippen LogP contribution >= 0.6 is 28.3 Å². The zero-order chi connectivity index (χ0) is 10.8. The second kappa shape index (κ2) is 5.50. The van der Waals surface area contributed by atoms with E-state index in [1.54, 1.807) is 12.1 Å². The number of alkyl carbamates (subject to hydrolysis) is 1. The molecule has 0 spiro atoms. The van der Waals surface area contributed by atoms with Crippen LogP contribution in [0.25, 0.3) is 0 Å². The van der Waals surface area contributed by atoms with Crippen LogP contribution in [-0.4, -0.2) is 12.7 Å². The van der Waals surface area contributed by atoms with Gasteiger partial charge in [0.05, 0.1) is 12.6 Å². The average molecular weight is 311 g/mol. The van der Waals surface area contributed by atoms with E-state index in [2.05, 4.69) is 21.2 Å². The van der Waals surface area contributed by atoms with Gasteiger partial charge in [0.2, 0.25) is 0 Å². The van der Waals surface area contributed by atoms with Crippen molar-refractivity contribution in [2.24, 2.45) is 0 Å². The Morgan fingerprint density at radius 1 is 1.50 bits per heavy atom. The average Bonchev–Trinajstić information content (AvgIpc) is 2.22. The maximum absolute atomic E-state index is 13.5. The zero-order valence-electron chi connectivity index (χ0n) is 8.20. The lowest BCUT2D eigenvalue weighted by molar-refractivity contribution is 0.115. The molecule has 1 saturated heterocycles. The molecule has 6 heteroatoms. The predicted molar refractivity (Wildman–Crippen MR) is 63.2 cm³/mol. The van der Waals surface area contributed by atoms with E-state index in [0.717, 1.165) is 4.47 Å². The molecule has 0 radical (unpaired) electrons. The van der Waals surface area contributed by atoms with Crippen molar-refractivity contribution in [1.82, 2.24) is 5.32 Å². The minimum Gasteiger partial charge on any atom is -0.449 e. The third kappa shape index (κ3) is 2.86. The van der Waals surface area contributed by atoms with Gasteiger partial charge in [0.1, 0.15) is 5.82 Å². The number of carbonyl (C=O) groups is 1. The molecule has 3 nitrogen and oxygen atoms in total. The molecular weight excluding hydrogens is 300 g/mol. The largest absolute Gasteiger partial charge is 0.449 e. The standard InChI is InChI=1S/C10H9BrFNO2.ClH/c11-6-1-2-8(12)7(5-6)9-3-4-15-10(14)13-9;/h1-2,5,9H,3-4H2,(H,13,14);1H/t9-;/m1./s1. The van der Waals surface area contributed by atoms with E-state index in [4.69, 9.17) is 4.74 Å². The van der Waals surface area contributed by atoms with Crippen molar-refractivity contribution >= 4 is 34.4 Å². The van der Waals surface area contributed by atoms with Crippen LogP contribution < -0.4 is 5.32 Å². The Kier molecular flexibility index (Phi) is 4.56. The van der Waals surface area contributed by atoms with Crippen LogP contribution in [0.4, 0.5) is 9.18 Å². The maximum atomic E-state index is 13.5. The Labute approximate surface area is 107 Å². The molecule has 0 saturated carbocycles. The summed E-state index contributed by atoms with van der Waals surface area (Å²) < 4.78 is 19.0. The fourth-order valence-corrected chi connectivity index (χ4v) is 1.92. The van der Waals surface area contributed by atoms with E-state index in [1.165, 1.54) is 6.07 Å². The van der Waals surface area contributed by atoms with Gasteiger partial charge in [-0.05, 0) is 18.2 Å². The van der Waals surface area contributed by atoms with Crippen LogP contribution in [0.5, 0.6) is 0 Å². The summed E-state index contributed by atoms with van der Waals surface area (Å²) in [6.07, 6.45) is 0.0877. The van der Waals surface area contributed by atoms with E-state index >= 15 is 0 Å². The molecule has 1 aliphatic heterocycles. The molecule has 16 heavy (non-hydrogen) atoms. The third-order valence-corrected chi connectivity index (χ3v) is 2.76. The lowest BCUT2D eigenvalue weighted by Gasteiger charge is -2.24. The van der Waals surface area contributed by atoms with E-state index in [9.17, 15) is 9.18 Å². The molecule has 1 fully saturated rings. The first-order valence-corrected chi connectivity index (χ1v) is 5.34. The summed E-state index contributed by atoms with van der Waals surface area (Å²) in [7, 11) is 0. The van der Waals surface area contributed by atoms with Gasteiger partial charge in [-0.2, -0.15) is 0 Å². The lowest BCUT2D eigenvalue weighted by Crippen LogP contribution is -2.35. The van der Waals surface area contributed by atoms with Crippen LogP contribution in [-0.2, 0) is 4.74 Å². The van der Waals surface area contributed by atoms with Gasteiger partial charge in [0, 0.05) is 16.5 Å². The lowest BCUT2D eigenvalue weighted by atomic mass is 10.0. The Bertz CT molecular complexity index is 402. The minimum absolute atomic E-state index is 0. The Morgan fingerprint density at radius 3 is 2.94 bits per heavy atom. The van der Waals surface area contributed by atoms with Gasteiger partial charge in [-0.3, -0.25) is 0 Å². The summed E-state index contributed by atoms with van der Waals surface area (Å²) in [5.74, 6) is -0.314. The molecule has 2 rings (SSSR count). The molecule has 1 amide bonds. The van der Waals surface area contributed by atoms with Gasteiger partial charge in [0.15, 0.2) is 0 Å². The van der Waals surface area contributed by atoms with Crippen LogP contribution in [0.3, 0.4) is 0 Å². The molecule has 1 atom stereocenters. The number of ether oxygens (including phenoxy) is 1. The summed E-state index contributed by atoms with van der Waals surface area (Å²) in [5.41, 5.74) is 0.487. The molecular formula is C10H10BrClFNO2. The third-order valence-electron chi connectivity index (χ3n) is 2.27. The van der Waals surface area contributed by atoms with Gasteiger partial charge in [0.25, 0.3) is 0 Å². The normalized spacial score (nSPS) is 19.4. The van der Waals surface area contributed by atoms with Crippen molar-refractivity contribution in [3.8, 4) is 0 Å². The number of benzene rings is 1. The molecule has 0 unspecified atom stereocenters. The van der Waals surface area contributed by atoms with Crippen LogP contribution in [0.2, 0.25) is 0 Å². The van der Waals surface area contributed by atoms with Gasteiger partial charge in [-0.25, -0.2) is 9.18 Å². The molecule has 88 valence electrons. The Balaban J connectivity index is 0.00000128. The highest BCUT2D eigenvalue weighted by Gasteiger charge is 2.23. The van der Waals surface area contributed by atoms with Crippen LogP contribution in [0.15, 0.2) is 22.7 Å². The van der Waals surface area contributed by atoms with Crippen molar-refractivity contribution in [1.29, 1.82) is 0 Å². The van der Waals surface area contributed by atoms with E-state index in [0.29, 0.717) is 18.6 Å². The summed E-state index contributed by atoms with van der Waals surface area (Å²) >= 11 is 3.27. The first-order chi connectivity index (χ1) is 7.16. The molecule has 1 N–H and O–H groups in total. The highest BCUT2D eigenvalue weighted by Crippen LogP contribution is 2.25. The molecule has 0 aliphatic carbocycles. The number of carbonyl (C=O) groups excluding carboxylic acids is 1. The van der Waals surface area contributed by atoms with Crippen LogP contribution in [0.1, 0.15) is 18.0 Å². The molecule has 1 heterocycles. The SMILES string of the molecule is Cl.O=C1N[C@@H](c2cc(Br)ccc2F)CCO1. The Hall–Kier alpha value is -0.810. The second-order valence-electron chi connectivity index (χ2n) is 3.29. The fraction of sp³-hybridized carbons (Fsp3) is 0.300. The highest BCUT2D eigenvalue weighted by molar-refractivity contribution is 9.10. The molecule has 1 aliphatic rings. The number of nitrogens with one attached hydrogen (secondary N) is 1. The van der Waals surface area contributed by atoms with E-state index in [1.807, 2.05) is 0 Å². The number of cyclic esters (lactones) is 1. The fourth-order valence-electron chi connectivity index (χ4n) is 1.54. The molecule has 0 aromatic heterocycles.